The number of amides is 1. The van der Waals surface area contributed by atoms with Crippen LogP contribution in [0.2, 0.25) is 0 Å². The maximum atomic E-state index is 12.5. The maximum absolute atomic E-state index is 12.5. The van der Waals surface area contributed by atoms with E-state index in [0.717, 1.165) is 6.26 Å². The minimum Gasteiger partial charge on any atom is -0.321 e. The Morgan fingerprint density at radius 2 is 1.62 bits per heavy atom. The molecule has 0 aromatic heterocycles. The predicted molar refractivity (Wildman–Crippen MR) is 85.9 cm³/mol. The number of halogens is 3. The van der Waals surface area contributed by atoms with Crippen LogP contribution in [0.5, 0.6) is 0 Å². The molecule has 0 radical (unpaired) electrons. The average molecular weight is 375 g/mol. The highest BCUT2D eigenvalue weighted by Crippen LogP contribution is 2.40. The van der Waals surface area contributed by atoms with E-state index in [0.29, 0.717) is 0 Å². The molecule has 0 aliphatic carbocycles. The van der Waals surface area contributed by atoms with Crippen molar-refractivity contribution in [3.8, 4) is 0 Å². The van der Waals surface area contributed by atoms with Gasteiger partial charge in [-0.05, 0) is 48.2 Å². The number of thioether (sulfide) groups is 1. The number of sulfone groups is 1. The smallest absolute Gasteiger partial charge is 0.321 e. The fourth-order valence-corrected chi connectivity index (χ4v) is 3.09. The fraction of sp³-hybridized carbons (Fsp3) is 0.133. The van der Waals surface area contributed by atoms with E-state index >= 15 is 0 Å². The molecule has 0 aliphatic rings. The van der Waals surface area contributed by atoms with E-state index in [9.17, 15) is 26.4 Å². The van der Waals surface area contributed by atoms with E-state index in [2.05, 4.69) is 5.32 Å². The summed E-state index contributed by atoms with van der Waals surface area (Å²) in [6.07, 6.45) is 1.03. The summed E-state index contributed by atoms with van der Waals surface area (Å²) in [4.78, 5) is 12.1. The summed E-state index contributed by atoms with van der Waals surface area (Å²) < 4.78 is 60.3. The standard InChI is InChI=1S/C15H12F3NO3S2/c1-24(21,22)11-8-6-10(7-9-11)14(20)19-12-4-2-3-5-13(12)23-15(16,17)18/h2-9H,1H3,(H,19,20). The van der Waals surface area contributed by atoms with Crippen molar-refractivity contribution < 1.29 is 26.4 Å². The number of anilines is 1. The molecule has 0 heterocycles. The molecule has 9 heteroatoms. The number of rotatable bonds is 4. The highest BCUT2D eigenvalue weighted by Gasteiger charge is 2.30. The number of alkyl halides is 3. The Labute approximate surface area is 141 Å². The highest BCUT2D eigenvalue weighted by atomic mass is 32.2. The topological polar surface area (TPSA) is 63.2 Å². The van der Waals surface area contributed by atoms with Gasteiger partial charge in [0.15, 0.2) is 9.84 Å². The molecule has 0 bridgehead atoms. The molecule has 24 heavy (non-hydrogen) atoms. The molecule has 0 saturated heterocycles. The molecule has 0 fully saturated rings. The van der Waals surface area contributed by atoms with E-state index in [1.54, 1.807) is 0 Å². The second kappa shape index (κ2) is 6.86. The molecule has 2 rings (SSSR count). The summed E-state index contributed by atoms with van der Waals surface area (Å²) in [5.74, 6) is -0.634. The van der Waals surface area contributed by atoms with Gasteiger partial charge in [0.25, 0.3) is 5.91 Å². The van der Waals surface area contributed by atoms with Crippen molar-refractivity contribution >= 4 is 33.2 Å². The lowest BCUT2D eigenvalue weighted by molar-refractivity contribution is -0.0328. The Hall–Kier alpha value is -2.00. The molecular weight excluding hydrogens is 363 g/mol. The van der Waals surface area contributed by atoms with Gasteiger partial charge >= 0.3 is 5.51 Å². The first-order valence-corrected chi connectivity index (χ1v) is 9.23. The number of nitrogens with one attached hydrogen (secondary N) is 1. The first kappa shape index (κ1) is 18.3. The molecule has 0 atom stereocenters. The van der Waals surface area contributed by atoms with Crippen LogP contribution in [0.3, 0.4) is 0 Å². The number of benzene rings is 2. The van der Waals surface area contributed by atoms with E-state index in [-0.39, 0.29) is 32.8 Å². The first-order valence-electron chi connectivity index (χ1n) is 6.52. The van der Waals surface area contributed by atoms with Crippen molar-refractivity contribution in [3.05, 3.63) is 54.1 Å². The first-order chi connectivity index (χ1) is 11.1. The predicted octanol–water partition coefficient (Wildman–Crippen LogP) is 3.95. The number of hydrogen-bond acceptors (Lipinski definition) is 4. The van der Waals surface area contributed by atoms with Gasteiger partial charge in [-0.2, -0.15) is 13.2 Å². The van der Waals surface area contributed by atoms with Crippen molar-refractivity contribution in [1.29, 1.82) is 0 Å². The Kier molecular flexibility index (Phi) is 5.24. The van der Waals surface area contributed by atoms with E-state index in [1.807, 2.05) is 0 Å². The van der Waals surface area contributed by atoms with Gasteiger partial charge in [0.2, 0.25) is 0 Å². The second-order valence-electron chi connectivity index (χ2n) is 4.79. The van der Waals surface area contributed by atoms with Gasteiger partial charge in [0.1, 0.15) is 0 Å². The molecule has 0 spiro atoms. The third kappa shape index (κ3) is 5.00. The normalized spacial score (nSPS) is 12.0. The number of carbonyl (C=O) groups is 1. The van der Waals surface area contributed by atoms with Crippen molar-refractivity contribution in [3.63, 3.8) is 0 Å². The molecule has 1 N–H and O–H groups in total. The minimum atomic E-state index is -4.47. The summed E-state index contributed by atoms with van der Waals surface area (Å²) in [5.41, 5.74) is -4.32. The van der Waals surface area contributed by atoms with E-state index < -0.39 is 21.3 Å². The van der Waals surface area contributed by atoms with Crippen molar-refractivity contribution in [1.82, 2.24) is 0 Å². The van der Waals surface area contributed by atoms with Crippen LogP contribution in [0.25, 0.3) is 0 Å². The molecule has 128 valence electrons. The number of carbonyl (C=O) groups excluding carboxylic acids is 1. The van der Waals surface area contributed by atoms with Crippen LogP contribution in [-0.4, -0.2) is 26.1 Å². The van der Waals surface area contributed by atoms with Gasteiger partial charge in [-0.3, -0.25) is 4.79 Å². The SMILES string of the molecule is CS(=O)(=O)c1ccc(C(=O)Nc2ccccc2SC(F)(F)F)cc1. The van der Waals surface area contributed by atoms with Gasteiger partial charge in [-0.1, -0.05) is 12.1 Å². The third-order valence-corrected chi connectivity index (χ3v) is 4.84. The lowest BCUT2D eigenvalue weighted by Crippen LogP contribution is -2.13. The zero-order valence-electron chi connectivity index (χ0n) is 12.3. The van der Waals surface area contributed by atoms with E-state index in [4.69, 9.17) is 0 Å². The monoisotopic (exact) mass is 375 g/mol. The van der Waals surface area contributed by atoms with Gasteiger partial charge in [0, 0.05) is 16.7 Å². The maximum Gasteiger partial charge on any atom is 0.446 e. The average Bonchev–Trinajstić information content (AvgIpc) is 2.47. The zero-order chi connectivity index (χ0) is 18.0. The Balaban J connectivity index is 2.21. The quantitative estimate of drug-likeness (QED) is 0.822. The third-order valence-electron chi connectivity index (χ3n) is 2.91. The van der Waals surface area contributed by atoms with Crippen LogP contribution in [0.4, 0.5) is 18.9 Å². The molecule has 0 unspecified atom stereocenters. The van der Waals surface area contributed by atoms with Gasteiger partial charge in [-0.25, -0.2) is 8.42 Å². The summed E-state index contributed by atoms with van der Waals surface area (Å²) in [6.45, 7) is 0. The molecule has 2 aromatic rings. The number of hydrogen-bond donors (Lipinski definition) is 1. The number of para-hydroxylation sites is 1. The summed E-state index contributed by atoms with van der Waals surface area (Å²) in [5, 5.41) is 2.40. The molecule has 1 amide bonds. The van der Waals surface area contributed by atoms with Crippen molar-refractivity contribution in [2.24, 2.45) is 0 Å². The molecule has 2 aromatic carbocycles. The molecule has 0 saturated carbocycles. The van der Waals surface area contributed by atoms with Crippen LogP contribution >= 0.6 is 11.8 Å². The van der Waals surface area contributed by atoms with Gasteiger partial charge in [0.05, 0.1) is 10.6 Å². The fourth-order valence-electron chi connectivity index (χ4n) is 1.83. The molecule has 4 nitrogen and oxygen atoms in total. The summed E-state index contributed by atoms with van der Waals surface area (Å²) in [7, 11) is -3.39. The van der Waals surface area contributed by atoms with Crippen LogP contribution in [-0.2, 0) is 9.84 Å². The van der Waals surface area contributed by atoms with Gasteiger partial charge in [-0.15, -0.1) is 0 Å². The van der Waals surface area contributed by atoms with Crippen LogP contribution < -0.4 is 5.32 Å². The Morgan fingerprint density at radius 1 is 1.04 bits per heavy atom. The summed E-state index contributed by atoms with van der Waals surface area (Å²) in [6, 6.07) is 10.7. The lowest BCUT2D eigenvalue weighted by atomic mass is 10.2. The zero-order valence-corrected chi connectivity index (χ0v) is 13.9. The molecular formula is C15H12F3NO3S2. The van der Waals surface area contributed by atoms with E-state index in [1.165, 1.54) is 48.5 Å². The van der Waals surface area contributed by atoms with Crippen LogP contribution in [0, 0.1) is 0 Å². The Morgan fingerprint density at radius 3 is 2.17 bits per heavy atom. The Bertz CT molecular complexity index is 847. The highest BCUT2D eigenvalue weighted by molar-refractivity contribution is 8.00. The lowest BCUT2D eigenvalue weighted by Gasteiger charge is -2.12. The molecule has 0 aliphatic heterocycles. The van der Waals surface area contributed by atoms with Crippen LogP contribution in [0.1, 0.15) is 10.4 Å². The largest absolute Gasteiger partial charge is 0.446 e. The van der Waals surface area contributed by atoms with Crippen LogP contribution in [0.15, 0.2) is 58.3 Å². The minimum absolute atomic E-state index is 0.0250. The summed E-state index contributed by atoms with van der Waals surface area (Å²) >= 11 is -0.324. The van der Waals surface area contributed by atoms with Gasteiger partial charge < -0.3 is 5.32 Å². The second-order valence-corrected chi connectivity index (χ2v) is 7.92. The van der Waals surface area contributed by atoms with Crippen molar-refractivity contribution in [2.45, 2.75) is 15.3 Å². The van der Waals surface area contributed by atoms with Crippen molar-refractivity contribution in [2.75, 3.05) is 11.6 Å².